The molecule has 0 atom stereocenters. The minimum absolute atomic E-state index is 0. The molecular weight excluding hydrogens is 372 g/mol. The average molecular weight is 384 g/mol. The maximum atomic E-state index is 13.3. The van der Waals surface area contributed by atoms with Crippen molar-refractivity contribution < 1.29 is 14.1 Å². The molecule has 3 rings (SSSR count). The number of aromatic nitrogens is 1. The third-order valence-electron chi connectivity index (χ3n) is 3.44. The van der Waals surface area contributed by atoms with Gasteiger partial charge in [0.2, 0.25) is 0 Å². The van der Waals surface area contributed by atoms with E-state index in [0.717, 1.165) is 0 Å². The van der Waals surface area contributed by atoms with Gasteiger partial charge in [0, 0.05) is 23.3 Å². The van der Waals surface area contributed by atoms with Crippen LogP contribution in [0.5, 0.6) is 5.75 Å². The van der Waals surface area contributed by atoms with E-state index in [1.54, 1.807) is 18.3 Å². The number of methoxy groups -OCH3 is 1. The molecule has 0 radical (unpaired) electrons. The first kappa shape index (κ1) is 18.7. The second-order valence-electron chi connectivity index (χ2n) is 4.92. The zero-order valence-electron chi connectivity index (χ0n) is 12.8. The molecule has 0 saturated heterocycles. The molecule has 0 spiro atoms. The Morgan fingerprint density at radius 1 is 1.28 bits per heavy atom. The summed E-state index contributed by atoms with van der Waals surface area (Å²) in [5, 5.41) is 15.4. The van der Waals surface area contributed by atoms with Crippen LogP contribution in [-0.4, -0.2) is 17.0 Å². The van der Waals surface area contributed by atoms with Crippen LogP contribution in [0.15, 0.2) is 42.6 Å². The quantitative estimate of drug-likeness (QED) is 0.500. The number of pyridine rings is 1. The molecule has 2 aromatic carbocycles. The summed E-state index contributed by atoms with van der Waals surface area (Å²) in [7, 11) is 1.37. The maximum Gasteiger partial charge on any atom is 0.311 e. The lowest BCUT2D eigenvalue weighted by Crippen LogP contribution is -1.98. The van der Waals surface area contributed by atoms with E-state index in [1.165, 1.54) is 31.4 Å². The van der Waals surface area contributed by atoms with Crippen LogP contribution in [0.25, 0.3) is 10.8 Å². The van der Waals surface area contributed by atoms with Gasteiger partial charge in [-0.15, -0.1) is 12.4 Å². The van der Waals surface area contributed by atoms with Crippen molar-refractivity contribution in [2.24, 2.45) is 0 Å². The Balaban J connectivity index is 0.00000225. The highest BCUT2D eigenvalue weighted by Crippen LogP contribution is 2.35. The highest BCUT2D eigenvalue weighted by Gasteiger charge is 2.18. The molecule has 0 fully saturated rings. The van der Waals surface area contributed by atoms with Crippen molar-refractivity contribution in [3.05, 3.63) is 63.5 Å². The summed E-state index contributed by atoms with van der Waals surface area (Å²) in [5.41, 5.74) is 0.345. The minimum atomic E-state index is -0.534. The number of nitro groups is 1. The van der Waals surface area contributed by atoms with Crippen molar-refractivity contribution >= 4 is 52.0 Å². The Morgan fingerprint density at radius 3 is 2.68 bits per heavy atom. The Labute approximate surface area is 153 Å². The van der Waals surface area contributed by atoms with Crippen LogP contribution in [0.3, 0.4) is 0 Å². The van der Waals surface area contributed by atoms with Gasteiger partial charge in [0.05, 0.1) is 17.1 Å². The fourth-order valence-corrected chi connectivity index (χ4v) is 2.49. The first-order valence-corrected chi connectivity index (χ1v) is 7.20. The van der Waals surface area contributed by atoms with Gasteiger partial charge in [-0.1, -0.05) is 11.6 Å². The van der Waals surface area contributed by atoms with Gasteiger partial charge in [0.25, 0.3) is 0 Å². The largest absolute Gasteiger partial charge is 0.490 e. The van der Waals surface area contributed by atoms with E-state index in [-0.39, 0.29) is 28.9 Å². The molecule has 0 aliphatic heterocycles. The summed E-state index contributed by atoms with van der Waals surface area (Å²) in [5.74, 6) is 0.0175. The third kappa shape index (κ3) is 3.72. The summed E-state index contributed by atoms with van der Waals surface area (Å²) in [6.07, 6.45) is 1.56. The van der Waals surface area contributed by atoms with Crippen LogP contribution >= 0.6 is 24.0 Å². The van der Waals surface area contributed by atoms with Gasteiger partial charge < -0.3 is 10.1 Å². The number of nitro benzene ring substituents is 1. The lowest BCUT2D eigenvalue weighted by atomic mass is 10.1. The minimum Gasteiger partial charge on any atom is -0.490 e. The second kappa shape index (κ2) is 7.50. The highest BCUT2D eigenvalue weighted by atomic mass is 35.5. The summed E-state index contributed by atoms with van der Waals surface area (Å²) < 4.78 is 18.3. The van der Waals surface area contributed by atoms with E-state index in [1.807, 2.05) is 0 Å². The molecule has 0 bridgehead atoms. The van der Waals surface area contributed by atoms with Crippen molar-refractivity contribution in [2.75, 3.05) is 12.4 Å². The Kier molecular flexibility index (Phi) is 5.61. The van der Waals surface area contributed by atoms with Gasteiger partial charge >= 0.3 is 5.69 Å². The molecule has 1 heterocycles. The van der Waals surface area contributed by atoms with Gasteiger partial charge in [-0.3, -0.25) is 10.1 Å². The number of anilines is 2. The van der Waals surface area contributed by atoms with E-state index in [2.05, 4.69) is 10.3 Å². The molecule has 9 heteroatoms. The molecule has 1 N–H and O–H groups in total. The summed E-state index contributed by atoms with van der Waals surface area (Å²) in [6.45, 7) is 0. The monoisotopic (exact) mass is 383 g/mol. The molecule has 130 valence electrons. The number of hydrogen-bond acceptors (Lipinski definition) is 5. The summed E-state index contributed by atoms with van der Waals surface area (Å²) in [6, 6.07) is 8.80. The van der Waals surface area contributed by atoms with Crippen molar-refractivity contribution in [3.63, 3.8) is 0 Å². The number of fused-ring (bicyclic) bond motifs is 1. The van der Waals surface area contributed by atoms with Crippen molar-refractivity contribution in [1.82, 2.24) is 4.98 Å². The molecule has 1 aromatic heterocycles. The SMILES string of the molecule is COc1cc2ccnc(Nc3ccc(F)c(Cl)c3)c2cc1[N+](=O)[O-].Cl. The fourth-order valence-electron chi connectivity index (χ4n) is 2.31. The standard InChI is InChI=1S/C16H11ClFN3O3.ClH/c1-24-15-6-9-4-5-19-16(11(9)8-14(15)21(22)23)20-10-2-3-13(18)12(17)7-10;/h2-8H,1H3,(H,19,20);1H. The normalized spacial score (nSPS) is 10.2. The highest BCUT2D eigenvalue weighted by molar-refractivity contribution is 6.31. The van der Waals surface area contributed by atoms with Crippen molar-refractivity contribution in [1.29, 1.82) is 0 Å². The fraction of sp³-hybridized carbons (Fsp3) is 0.0625. The van der Waals surface area contributed by atoms with Gasteiger partial charge in [-0.25, -0.2) is 9.37 Å². The van der Waals surface area contributed by atoms with E-state index in [0.29, 0.717) is 22.3 Å². The molecule has 0 aliphatic carbocycles. The van der Waals surface area contributed by atoms with E-state index in [4.69, 9.17) is 16.3 Å². The van der Waals surface area contributed by atoms with Crippen LogP contribution in [0.4, 0.5) is 21.6 Å². The number of nitrogens with zero attached hydrogens (tertiary/aromatic N) is 2. The lowest BCUT2D eigenvalue weighted by Gasteiger charge is -2.10. The van der Waals surface area contributed by atoms with E-state index in [9.17, 15) is 14.5 Å². The second-order valence-corrected chi connectivity index (χ2v) is 5.32. The van der Waals surface area contributed by atoms with Gasteiger partial charge in [-0.2, -0.15) is 0 Å². The summed E-state index contributed by atoms with van der Waals surface area (Å²) >= 11 is 5.76. The number of rotatable bonds is 4. The number of benzene rings is 2. The molecule has 25 heavy (non-hydrogen) atoms. The van der Waals surface area contributed by atoms with Gasteiger partial charge in [0.1, 0.15) is 11.6 Å². The first-order chi connectivity index (χ1) is 11.5. The summed E-state index contributed by atoms with van der Waals surface area (Å²) in [4.78, 5) is 14.9. The van der Waals surface area contributed by atoms with Gasteiger partial charge in [-0.05, 0) is 35.7 Å². The van der Waals surface area contributed by atoms with E-state index >= 15 is 0 Å². The molecule has 0 amide bonds. The van der Waals surface area contributed by atoms with Crippen LogP contribution in [0.1, 0.15) is 0 Å². The van der Waals surface area contributed by atoms with Crippen molar-refractivity contribution in [2.45, 2.75) is 0 Å². The number of ether oxygens (including phenoxy) is 1. The predicted octanol–water partition coefficient (Wildman–Crippen LogP) is 5.11. The Hall–Kier alpha value is -2.64. The zero-order chi connectivity index (χ0) is 17.3. The smallest absolute Gasteiger partial charge is 0.311 e. The Morgan fingerprint density at radius 2 is 2.04 bits per heavy atom. The number of nitrogens with one attached hydrogen (secondary N) is 1. The maximum absolute atomic E-state index is 13.3. The van der Waals surface area contributed by atoms with Gasteiger partial charge in [0.15, 0.2) is 5.75 Å². The van der Waals surface area contributed by atoms with Crippen LogP contribution in [0.2, 0.25) is 5.02 Å². The van der Waals surface area contributed by atoms with Crippen LogP contribution in [-0.2, 0) is 0 Å². The molecule has 0 saturated carbocycles. The topological polar surface area (TPSA) is 77.3 Å². The molecule has 0 aliphatic rings. The molecule has 6 nitrogen and oxygen atoms in total. The zero-order valence-corrected chi connectivity index (χ0v) is 14.4. The van der Waals surface area contributed by atoms with E-state index < -0.39 is 10.7 Å². The third-order valence-corrected chi connectivity index (χ3v) is 3.73. The number of halogens is 3. The predicted molar refractivity (Wildman–Crippen MR) is 96.9 cm³/mol. The molecule has 3 aromatic rings. The van der Waals surface area contributed by atoms with Crippen molar-refractivity contribution in [3.8, 4) is 5.75 Å². The lowest BCUT2D eigenvalue weighted by molar-refractivity contribution is -0.385. The van der Waals surface area contributed by atoms with Crippen LogP contribution < -0.4 is 10.1 Å². The molecular formula is C16H12Cl2FN3O3. The average Bonchev–Trinajstić information content (AvgIpc) is 2.57. The Bertz CT molecular complexity index is 953. The first-order valence-electron chi connectivity index (χ1n) is 6.83. The van der Waals surface area contributed by atoms with Crippen LogP contribution in [0, 0.1) is 15.9 Å². The molecule has 0 unspecified atom stereocenters. The number of hydrogen-bond donors (Lipinski definition) is 1.